The molecule has 51 heavy (non-hydrogen) atoms. The summed E-state index contributed by atoms with van der Waals surface area (Å²) in [4.78, 5) is 99.4. The van der Waals surface area contributed by atoms with Gasteiger partial charge in [0.1, 0.15) is 32.0 Å². The molecule has 0 unspecified atom stereocenters. The fourth-order valence-corrected chi connectivity index (χ4v) is 5.74. The SMILES string of the molecule is CC(=O)OC[C@@]12O[C@H]3O[C@H](COC(=O)CCCCCCC(=O)OC[C@@H](O1)[C@@H](OC(C)=O)[C@@H]2OC(C)=O)[C@@H](OC(C)=O)[C@H](OC(C)=O)[C@H]3OC(C)=O. The van der Waals surface area contributed by atoms with Gasteiger partial charge >= 0.3 is 47.8 Å². The number of ether oxygens (including phenoxy) is 11. The maximum Gasteiger partial charge on any atom is 0.305 e. The highest BCUT2D eigenvalue weighted by Crippen LogP contribution is 2.41. The molecule has 0 aliphatic carbocycles. The van der Waals surface area contributed by atoms with Gasteiger partial charge in [-0.25, -0.2) is 0 Å². The summed E-state index contributed by atoms with van der Waals surface area (Å²) >= 11 is 0. The van der Waals surface area contributed by atoms with Crippen molar-refractivity contribution in [3.63, 3.8) is 0 Å². The second-order valence-electron chi connectivity index (χ2n) is 12.0. The van der Waals surface area contributed by atoms with E-state index >= 15 is 0 Å². The number of hydrogen-bond donors (Lipinski definition) is 0. The zero-order valence-electron chi connectivity index (χ0n) is 29.2. The van der Waals surface area contributed by atoms with Crippen molar-refractivity contribution in [1.29, 1.82) is 0 Å². The van der Waals surface area contributed by atoms with Crippen LogP contribution in [0, 0.1) is 0 Å². The summed E-state index contributed by atoms with van der Waals surface area (Å²) in [6, 6.07) is 0. The summed E-state index contributed by atoms with van der Waals surface area (Å²) in [7, 11) is 0. The Bertz CT molecular complexity index is 1310. The topological polar surface area (TPSA) is 238 Å². The van der Waals surface area contributed by atoms with Crippen LogP contribution in [0.2, 0.25) is 0 Å². The molecule has 0 saturated carbocycles. The average Bonchev–Trinajstić information content (AvgIpc) is 3.28. The molecule has 19 nitrogen and oxygen atoms in total. The molecule has 4 bridgehead atoms. The van der Waals surface area contributed by atoms with Crippen LogP contribution in [0.3, 0.4) is 0 Å². The molecular formula is C32H44O19. The first-order chi connectivity index (χ1) is 24.0. The third-order valence-corrected chi connectivity index (χ3v) is 7.66. The van der Waals surface area contributed by atoms with Gasteiger partial charge in [-0.2, -0.15) is 0 Å². The van der Waals surface area contributed by atoms with E-state index < -0.39 is 122 Å². The lowest BCUT2D eigenvalue weighted by atomic mass is 9.97. The molecule has 3 aliphatic rings. The van der Waals surface area contributed by atoms with Crippen molar-refractivity contribution in [1.82, 2.24) is 0 Å². The molecule has 3 fully saturated rings. The summed E-state index contributed by atoms with van der Waals surface area (Å²) in [6.07, 6.45) is -11.2. The highest BCUT2D eigenvalue weighted by Gasteiger charge is 2.65. The molecule has 3 rings (SSSR count). The number of hydrogen-bond acceptors (Lipinski definition) is 19. The van der Waals surface area contributed by atoms with Crippen LogP contribution < -0.4 is 0 Å². The summed E-state index contributed by atoms with van der Waals surface area (Å²) in [6.45, 7) is 4.16. The molecular weight excluding hydrogens is 688 g/mol. The van der Waals surface area contributed by atoms with E-state index in [1.165, 1.54) is 0 Å². The van der Waals surface area contributed by atoms with Crippen LogP contribution in [0.5, 0.6) is 0 Å². The third-order valence-electron chi connectivity index (χ3n) is 7.66. The van der Waals surface area contributed by atoms with Gasteiger partial charge in [-0.1, -0.05) is 12.8 Å². The molecule has 0 aromatic heterocycles. The Balaban J connectivity index is 2.23. The number of rotatable bonds is 7. The largest absolute Gasteiger partial charge is 0.463 e. The molecule has 0 amide bonds. The second kappa shape index (κ2) is 18.8. The number of carbonyl (C=O) groups is 8. The van der Waals surface area contributed by atoms with E-state index in [2.05, 4.69) is 0 Å². The van der Waals surface area contributed by atoms with Crippen LogP contribution in [0.25, 0.3) is 0 Å². The summed E-state index contributed by atoms with van der Waals surface area (Å²) in [5, 5.41) is 0. The van der Waals surface area contributed by atoms with E-state index in [1.54, 1.807) is 0 Å². The van der Waals surface area contributed by atoms with Gasteiger partial charge in [-0.15, -0.1) is 0 Å². The lowest BCUT2D eigenvalue weighted by Gasteiger charge is -2.46. The Morgan fingerprint density at radius 1 is 0.569 bits per heavy atom. The maximum atomic E-state index is 12.7. The number of carbonyl (C=O) groups excluding carboxylic acids is 8. The van der Waals surface area contributed by atoms with Gasteiger partial charge in [-0.3, -0.25) is 38.4 Å². The molecule has 0 radical (unpaired) electrons. The van der Waals surface area contributed by atoms with Crippen molar-refractivity contribution in [2.45, 2.75) is 135 Å². The summed E-state index contributed by atoms with van der Waals surface area (Å²) < 4.78 is 62.1. The van der Waals surface area contributed by atoms with Gasteiger partial charge in [0.25, 0.3) is 0 Å². The molecule has 3 aliphatic heterocycles. The first-order valence-electron chi connectivity index (χ1n) is 16.3. The van der Waals surface area contributed by atoms with Gasteiger partial charge in [-0.05, 0) is 12.8 Å². The zero-order chi connectivity index (χ0) is 37.9. The van der Waals surface area contributed by atoms with Gasteiger partial charge in [0.05, 0.1) is 0 Å². The smallest absolute Gasteiger partial charge is 0.305 e. The van der Waals surface area contributed by atoms with Crippen LogP contribution in [-0.2, 0) is 90.5 Å². The standard InChI is InChI=1S/C32H44O19/c1-16(33)43-15-32-30(48-21(6)38)27(45-18(3)35)23(50-32)14-42-25(40)12-10-8-7-9-11-24(39)41-13-22-26(44-17(2)34)28(46-19(4)36)29(47-20(5)37)31(49-22)51-32/h22-23,26-31H,7-15H2,1-6H3/t22-,23-,26-,27-,28+,29-,30+,31-,32+/m1/s1. The maximum absolute atomic E-state index is 12.7. The van der Waals surface area contributed by atoms with Gasteiger partial charge < -0.3 is 52.1 Å². The molecule has 19 heteroatoms. The van der Waals surface area contributed by atoms with Gasteiger partial charge in [0, 0.05) is 54.4 Å². The van der Waals surface area contributed by atoms with Crippen molar-refractivity contribution in [3.8, 4) is 0 Å². The van der Waals surface area contributed by atoms with Crippen molar-refractivity contribution in [2.75, 3.05) is 19.8 Å². The van der Waals surface area contributed by atoms with E-state index in [0.29, 0.717) is 25.7 Å². The van der Waals surface area contributed by atoms with Crippen LogP contribution in [0.4, 0.5) is 0 Å². The van der Waals surface area contributed by atoms with Crippen LogP contribution in [0.15, 0.2) is 0 Å². The Morgan fingerprint density at radius 3 is 1.55 bits per heavy atom. The van der Waals surface area contributed by atoms with E-state index in [1.807, 2.05) is 0 Å². The minimum Gasteiger partial charge on any atom is -0.463 e. The predicted molar refractivity (Wildman–Crippen MR) is 161 cm³/mol. The fraction of sp³-hybridized carbons (Fsp3) is 0.750. The summed E-state index contributed by atoms with van der Waals surface area (Å²) in [5.41, 5.74) is 0. The number of fused-ring (bicyclic) bond motifs is 4. The number of cyclic esters (lactones) is 2. The molecule has 0 N–H and O–H groups in total. The quantitative estimate of drug-likeness (QED) is 0.255. The fourth-order valence-electron chi connectivity index (χ4n) is 5.74. The van der Waals surface area contributed by atoms with Gasteiger partial charge in [0.2, 0.25) is 12.1 Å². The molecule has 0 spiro atoms. The Hall–Kier alpha value is -4.36. The minimum atomic E-state index is -2.48. The van der Waals surface area contributed by atoms with E-state index in [4.69, 9.17) is 52.1 Å². The zero-order valence-corrected chi connectivity index (χ0v) is 29.2. The Labute approximate surface area is 293 Å². The van der Waals surface area contributed by atoms with E-state index in [0.717, 1.165) is 41.5 Å². The van der Waals surface area contributed by atoms with Crippen LogP contribution in [0.1, 0.15) is 80.1 Å². The molecule has 3 saturated heterocycles. The first kappa shape index (κ1) is 41.1. The highest BCUT2D eigenvalue weighted by atomic mass is 16.8. The van der Waals surface area contributed by atoms with Crippen molar-refractivity contribution >= 4 is 47.8 Å². The average molecular weight is 733 g/mol. The van der Waals surface area contributed by atoms with Gasteiger partial charge in [0.15, 0.2) is 30.5 Å². The molecule has 3 heterocycles. The van der Waals surface area contributed by atoms with E-state index in [-0.39, 0.29) is 12.8 Å². The predicted octanol–water partition coefficient (Wildman–Crippen LogP) is 0.485. The van der Waals surface area contributed by atoms with E-state index in [9.17, 15) is 38.4 Å². The Kier molecular flexibility index (Phi) is 15.1. The molecule has 0 aromatic carbocycles. The lowest BCUT2D eigenvalue weighted by Crippen LogP contribution is -2.65. The number of esters is 8. The highest BCUT2D eigenvalue weighted by molar-refractivity contribution is 5.71. The normalized spacial score (nSPS) is 31.9. The molecule has 9 atom stereocenters. The summed E-state index contributed by atoms with van der Waals surface area (Å²) in [5.74, 6) is -9.20. The Morgan fingerprint density at radius 2 is 1.04 bits per heavy atom. The van der Waals surface area contributed by atoms with Crippen LogP contribution >= 0.6 is 0 Å². The van der Waals surface area contributed by atoms with Crippen molar-refractivity contribution in [2.24, 2.45) is 0 Å². The molecule has 286 valence electrons. The minimum absolute atomic E-state index is 0.00536. The monoisotopic (exact) mass is 732 g/mol. The van der Waals surface area contributed by atoms with Crippen LogP contribution in [-0.4, -0.2) is 122 Å². The lowest BCUT2D eigenvalue weighted by molar-refractivity contribution is -0.384. The van der Waals surface area contributed by atoms with Crippen molar-refractivity contribution < 1.29 is 90.5 Å². The first-order valence-corrected chi connectivity index (χ1v) is 16.3. The molecule has 0 aromatic rings. The van der Waals surface area contributed by atoms with Crippen molar-refractivity contribution in [3.05, 3.63) is 0 Å². The third kappa shape index (κ3) is 12.1. The second-order valence-corrected chi connectivity index (χ2v) is 12.0.